The molecule has 2 fully saturated rings. The van der Waals surface area contributed by atoms with Gasteiger partial charge >= 0.3 is 0 Å². The second-order valence-corrected chi connectivity index (χ2v) is 10.5. The van der Waals surface area contributed by atoms with E-state index in [9.17, 15) is 4.79 Å². The molecule has 0 spiro atoms. The van der Waals surface area contributed by atoms with Crippen LogP contribution in [0.15, 0.2) is 88.9 Å². The van der Waals surface area contributed by atoms with Gasteiger partial charge in [-0.1, -0.05) is 30.9 Å². The summed E-state index contributed by atoms with van der Waals surface area (Å²) in [4.78, 5) is 17.8. The van der Waals surface area contributed by atoms with Gasteiger partial charge in [0.05, 0.1) is 0 Å². The van der Waals surface area contributed by atoms with Gasteiger partial charge in [-0.2, -0.15) is 11.3 Å². The third-order valence-corrected chi connectivity index (χ3v) is 7.79. The van der Waals surface area contributed by atoms with Crippen molar-refractivity contribution in [3.63, 3.8) is 0 Å². The van der Waals surface area contributed by atoms with Crippen molar-refractivity contribution in [3.05, 3.63) is 88.9 Å². The molecule has 204 valence electrons. The number of nitrogens with two attached hydrogens (primary N) is 2. The maximum atomic E-state index is 10.3. The van der Waals surface area contributed by atoms with Gasteiger partial charge in [-0.3, -0.25) is 9.69 Å². The van der Waals surface area contributed by atoms with Gasteiger partial charge in [-0.15, -0.1) is 11.6 Å². The summed E-state index contributed by atoms with van der Waals surface area (Å²) in [5, 5.41) is 4.34. The number of piperazine rings is 1. The smallest absolute Gasteiger partial charge is 0.241 e. The first kappa shape index (κ1) is 29.6. The van der Waals surface area contributed by atoms with Crippen molar-refractivity contribution >= 4 is 34.5 Å². The summed E-state index contributed by atoms with van der Waals surface area (Å²) < 4.78 is 0. The Morgan fingerprint density at radius 2 is 1.71 bits per heavy atom. The van der Waals surface area contributed by atoms with Crippen LogP contribution >= 0.6 is 22.9 Å². The number of carbonyl (C=O) groups is 1. The highest BCUT2D eigenvalue weighted by atomic mass is 35.5. The van der Waals surface area contributed by atoms with Crippen molar-refractivity contribution in [2.45, 2.75) is 19.8 Å². The van der Waals surface area contributed by atoms with E-state index in [1.165, 1.54) is 60.6 Å². The molecule has 0 unspecified atom stereocenters. The van der Waals surface area contributed by atoms with Crippen molar-refractivity contribution < 1.29 is 4.79 Å². The monoisotopic (exact) mass is 553 g/mol. The van der Waals surface area contributed by atoms with E-state index in [4.69, 9.17) is 23.1 Å². The van der Waals surface area contributed by atoms with Gasteiger partial charge in [-0.05, 0) is 84.6 Å². The lowest BCUT2D eigenvalue weighted by Gasteiger charge is -2.39. The van der Waals surface area contributed by atoms with E-state index in [0.717, 1.165) is 38.3 Å². The Labute approximate surface area is 236 Å². The highest BCUT2D eigenvalue weighted by Crippen LogP contribution is 2.26. The fourth-order valence-electron chi connectivity index (χ4n) is 4.55. The van der Waals surface area contributed by atoms with Crippen LogP contribution in [0.5, 0.6) is 0 Å². The van der Waals surface area contributed by atoms with Crippen LogP contribution in [0.3, 0.4) is 0 Å². The number of rotatable bonds is 9. The van der Waals surface area contributed by atoms with E-state index in [-0.39, 0.29) is 0 Å². The van der Waals surface area contributed by atoms with E-state index in [1.54, 1.807) is 17.4 Å². The first-order chi connectivity index (χ1) is 18.4. The molecule has 0 radical (unpaired) electrons. The number of allylic oxidation sites excluding steroid dienone is 4. The van der Waals surface area contributed by atoms with E-state index in [1.807, 2.05) is 13.0 Å². The first-order valence-electron chi connectivity index (χ1n) is 13.1. The molecule has 1 amide bonds. The van der Waals surface area contributed by atoms with Crippen LogP contribution in [0.2, 0.25) is 0 Å². The van der Waals surface area contributed by atoms with E-state index in [2.05, 4.69) is 62.4 Å². The molecule has 4 rings (SSSR count). The number of primary amides is 1. The fraction of sp³-hybridized carbons (Fsp3) is 0.367. The van der Waals surface area contributed by atoms with Crippen LogP contribution < -0.4 is 16.4 Å². The van der Waals surface area contributed by atoms with Crippen LogP contribution in [-0.2, 0) is 4.79 Å². The minimum atomic E-state index is -0.503. The zero-order valence-electron chi connectivity index (χ0n) is 22.3. The molecule has 1 aromatic heterocycles. The van der Waals surface area contributed by atoms with Gasteiger partial charge in [0.15, 0.2) is 0 Å². The molecule has 2 saturated heterocycles. The number of alkyl halides is 1. The van der Waals surface area contributed by atoms with Crippen molar-refractivity contribution in [2.24, 2.45) is 11.5 Å². The standard InChI is InChI=1S/C21H27N3S.C9H13ClN2O/c1-18(16-22-9-2-3-10-22)23-11-13-24(14-12-23)21-6-4-19(5-7-21)20-8-15-25-17-20;1-2-7(6-10)8(11)4-3-5-9(12)13/h4-8,15,17H,1-3,9-14,16H2;2-5H,6,11H2,1H3,(H2,12,13)/b;5-3+,7-2-,8-4+. The Kier molecular flexibility index (Phi) is 12.0. The maximum Gasteiger partial charge on any atom is 0.241 e. The predicted octanol–water partition coefficient (Wildman–Crippen LogP) is 5.20. The number of halogens is 1. The van der Waals surface area contributed by atoms with Gasteiger partial charge in [-0.25, -0.2) is 0 Å². The molecule has 0 saturated carbocycles. The lowest BCUT2D eigenvalue weighted by molar-refractivity contribution is -0.113. The summed E-state index contributed by atoms with van der Waals surface area (Å²) in [7, 11) is 0. The van der Waals surface area contributed by atoms with Crippen LogP contribution in [0, 0.1) is 0 Å². The summed E-state index contributed by atoms with van der Waals surface area (Å²) in [6.45, 7) is 14.1. The number of likely N-dealkylation sites (tertiary alicyclic amines) is 1. The lowest BCUT2D eigenvalue weighted by Crippen LogP contribution is -2.47. The Bertz CT molecular complexity index is 1110. The zero-order valence-corrected chi connectivity index (χ0v) is 23.9. The average molecular weight is 554 g/mol. The van der Waals surface area contributed by atoms with Crippen LogP contribution in [0.4, 0.5) is 5.69 Å². The molecule has 2 aliphatic heterocycles. The van der Waals surface area contributed by atoms with Gasteiger partial charge < -0.3 is 21.3 Å². The average Bonchev–Trinajstić information content (AvgIpc) is 3.65. The fourth-order valence-corrected chi connectivity index (χ4v) is 5.52. The molecule has 3 heterocycles. The number of hydrogen-bond donors (Lipinski definition) is 2. The van der Waals surface area contributed by atoms with Crippen LogP contribution in [0.25, 0.3) is 11.1 Å². The first-order valence-corrected chi connectivity index (χ1v) is 14.6. The maximum absolute atomic E-state index is 10.3. The number of hydrogen-bond acceptors (Lipinski definition) is 6. The van der Waals surface area contributed by atoms with Crippen LogP contribution in [-0.4, -0.2) is 67.4 Å². The summed E-state index contributed by atoms with van der Waals surface area (Å²) >= 11 is 7.35. The van der Waals surface area contributed by atoms with Crippen molar-refractivity contribution in [3.8, 4) is 11.1 Å². The molecule has 2 aromatic rings. The summed E-state index contributed by atoms with van der Waals surface area (Å²) in [5.74, 6) is -0.152. The Morgan fingerprint density at radius 1 is 1.03 bits per heavy atom. The molecule has 0 bridgehead atoms. The molecule has 1 aromatic carbocycles. The normalized spacial score (nSPS) is 17.0. The largest absolute Gasteiger partial charge is 0.398 e. The number of anilines is 1. The van der Waals surface area contributed by atoms with Crippen molar-refractivity contribution in [1.82, 2.24) is 9.80 Å². The molecule has 8 heteroatoms. The molecule has 4 N–H and O–H groups in total. The van der Waals surface area contributed by atoms with Crippen LogP contribution in [0.1, 0.15) is 19.8 Å². The molecule has 6 nitrogen and oxygen atoms in total. The molecular formula is C30H40ClN5OS. The van der Waals surface area contributed by atoms with E-state index < -0.39 is 5.91 Å². The van der Waals surface area contributed by atoms with E-state index in [0.29, 0.717) is 11.6 Å². The number of benzene rings is 1. The molecule has 0 atom stereocenters. The highest BCUT2D eigenvalue weighted by Gasteiger charge is 2.20. The topological polar surface area (TPSA) is 78.8 Å². The summed E-state index contributed by atoms with van der Waals surface area (Å²) in [5.41, 5.74) is 17.1. The summed E-state index contributed by atoms with van der Waals surface area (Å²) in [6.07, 6.45) is 8.83. The summed E-state index contributed by atoms with van der Waals surface area (Å²) in [6, 6.07) is 11.2. The van der Waals surface area contributed by atoms with Gasteiger partial charge in [0.25, 0.3) is 0 Å². The molecule has 0 aliphatic carbocycles. The second-order valence-electron chi connectivity index (χ2n) is 9.41. The number of thiophene rings is 1. The third-order valence-electron chi connectivity index (χ3n) is 6.82. The molecule has 38 heavy (non-hydrogen) atoms. The third kappa shape index (κ3) is 9.08. The molecule has 2 aliphatic rings. The quantitative estimate of drug-likeness (QED) is 0.253. The van der Waals surface area contributed by atoms with Gasteiger partial charge in [0.1, 0.15) is 0 Å². The highest BCUT2D eigenvalue weighted by molar-refractivity contribution is 7.08. The van der Waals surface area contributed by atoms with E-state index >= 15 is 0 Å². The number of amides is 1. The minimum Gasteiger partial charge on any atom is -0.398 e. The Hall–Kier alpha value is -3.00. The lowest BCUT2D eigenvalue weighted by atomic mass is 10.1. The van der Waals surface area contributed by atoms with Gasteiger partial charge in [0.2, 0.25) is 5.91 Å². The minimum absolute atomic E-state index is 0.350. The number of nitrogens with zero attached hydrogens (tertiary/aromatic N) is 3. The van der Waals surface area contributed by atoms with Gasteiger partial charge in [0, 0.05) is 61.8 Å². The molecular weight excluding hydrogens is 514 g/mol. The Balaban J connectivity index is 0.000000263. The number of carbonyl (C=O) groups excluding carboxylic acids is 1. The SMILES string of the molecule is C=C(CN1CCCC1)N1CCN(c2ccc(-c3ccsc3)cc2)CC1.C\C=C(CCl)/C(N)=C\C=C\C(N)=O. The zero-order chi connectivity index (χ0) is 27.3. The Morgan fingerprint density at radius 3 is 2.26 bits per heavy atom. The van der Waals surface area contributed by atoms with Crippen molar-refractivity contribution in [1.29, 1.82) is 0 Å². The second kappa shape index (κ2) is 15.4. The predicted molar refractivity (Wildman–Crippen MR) is 163 cm³/mol. The van der Waals surface area contributed by atoms with Crippen molar-refractivity contribution in [2.75, 3.05) is 56.6 Å².